The molecule has 0 aromatic carbocycles. The van der Waals surface area contributed by atoms with Gasteiger partial charge in [-0.05, 0) is 13.8 Å². The highest BCUT2D eigenvalue weighted by atomic mass is 16.9. The zero-order valence-electron chi connectivity index (χ0n) is 7.96. The lowest BCUT2D eigenvalue weighted by atomic mass is 10.2. The SMILES string of the molecule is CCO[N+](CC(C)C)OCC. The average Bonchev–Trinajstić information content (AvgIpc) is 1.87. The highest BCUT2D eigenvalue weighted by Crippen LogP contribution is 1.96. The Morgan fingerprint density at radius 2 is 1.55 bits per heavy atom. The Labute approximate surface area is 69.2 Å². The first kappa shape index (κ1) is 10.9. The molecule has 0 heterocycles. The fourth-order valence-corrected chi connectivity index (χ4v) is 0.729. The molecule has 0 unspecified atom stereocenters. The van der Waals surface area contributed by atoms with E-state index in [-0.39, 0.29) is 0 Å². The third kappa shape index (κ3) is 6.28. The largest absolute Gasteiger partial charge is 0.204 e. The van der Waals surface area contributed by atoms with Crippen molar-refractivity contribution in [1.82, 2.24) is 5.23 Å². The summed E-state index contributed by atoms with van der Waals surface area (Å²) in [4.78, 5) is 10.4. The summed E-state index contributed by atoms with van der Waals surface area (Å²) in [7, 11) is 0. The first-order valence-corrected chi connectivity index (χ1v) is 4.24. The van der Waals surface area contributed by atoms with Crippen molar-refractivity contribution in [3.8, 4) is 0 Å². The van der Waals surface area contributed by atoms with Crippen LogP contribution in [0.2, 0.25) is 0 Å². The molecule has 0 saturated heterocycles. The van der Waals surface area contributed by atoms with Crippen molar-refractivity contribution in [2.75, 3.05) is 19.8 Å². The highest BCUT2D eigenvalue weighted by molar-refractivity contribution is 4.45. The molecule has 0 aliphatic heterocycles. The van der Waals surface area contributed by atoms with Crippen LogP contribution in [0.15, 0.2) is 0 Å². The Hall–Kier alpha value is -0.120. The standard InChI is InChI=1S/C8H19NO2/c1-5-10-9(11-6-2)7-8(3)4/h8H,5-7H2,1-4H3/q+1. The van der Waals surface area contributed by atoms with E-state index in [9.17, 15) is 0 Å². The minimum absolute atomic E-state index is 0.563. The fourth-order valence-electron chi connectivity index (χ4n) is 0.729. The second kappa shape index (κ2) is 6.58. The van der Waals surface area contributed by atoms with Gasteiger partial charge in [-0.2, -0.15) is 0 Å². The van der Waals surface area contributed by atoms with E-state index in [1.807, 2.05) is 13.8 Å². The molecule has 0 fully saturated rings. The van der Waals surface area contributed by atoms with Gasteiger partial charge in [0.25, 0.3) is 0 Å². The summed E-state index contributed by atoms with van der Waals surface area (Å²) in [5.74, 6) is 0.563. The molecule has 0 N–H and O–H groups in total. The predicted octanol–water partition coefficient (Wildman–Crippen LogP) is 1.69. The van der Waals surface area contributed by atoms with Gasteiger partial charge in [0.2, 0.25) is 6.54 Å². The van der Waals surface area contributed by atoms with Crippen LogP contribution in [0.3, 0.4) is 0 Å². The summed E-state index contributed by atoms with van der Waals surface area (Å²) in [6, 6.07) is 0. The lowest BCUT2D eigenvalue weighted by Gasteiger charge is -2.06. The highest BCUT2D eigenvalue weighted by Gasteiger charge is 2.19. The normalized spacial score (nSPS) is 11.5. The first-order chi connectivity index (χ1) is 5.20. The van der Waals surface area contributed by atoms with Gasteiger partial charge in [-0.3, -0.25) is 0 Å². The second-order valence-corrected chi connectivity index (χ2v) is 2.74. The summed E-state index contributed by atoms with van der Waals surface area (Å²) in [5.41, 5.74) is 0. The molecular formula is C8H19NO2+. The number of hydrogen-bond acceptors (Lipinski definition) is 3. The Morgan fingerprint density at radius 3 is 1.82 bits per heavy atom. The van der Waals surface area contributed by atoms with Crippen molar-refractivity contribution in [3.05, 3.63) is 0 Å². The van der Waals surface area contributed by atoms with Gasteiger partial charge >= 0.3 is 0 Å². The molecule has 0 rings (SSSR count). The predicted molar refractivity (Wildman–Crippen MR) is 45.1 cm³/mol. The molecule has 1 radical (unpaired) electrons. The van der Waals surface area contributed by atoms with E-state index < -0.39 is 0 Å². The van der Waals surface area contributed by atoms with Crippen molar-refractivity contribution in [3.63, 3.8) is 0 Å². The second-order valence-electron chi connectivity index (χ2n) is 2.74. The van der Waals surface area contributed by atoms with E-state index >= 15 is 0 Å². The fraction of sp³-hybridized carbons (Fsp3) is 1.00. The van der Waals surface area contributed by atoms with Gasteiger partial charge in [-0.1, -0.05) is 13.8 Å². The van der Waals surface area contributed by atoms with E-state index in [0.717, 1.165) is 6.54 Å². The van der Waals surface area contributed by atoms with Crippen molar-refractivity contribution in [2.24, 2.45) is 5.92 Å². The number of hydrogen-bond donors (Lipinski definition) is 0. The third-order valence-corrected chi connectivity index (χ3v) is 1.06. The van der Waals surface area contributed by atoms with Gasteiger partial charge in [-0.25, -0.2) is 0 Å². The molecule has 0 aliphatic carbocycles. The van der Waals surface area contributed by atoms with E-state index in [1.165, 1.54) is 0 Å². The van der Waals surface area contributed by atoms with Crippen LogP contribution in [0.1, 0.15) is 27.7 Å². The molecule has 0 aromatic rings. The van der Waals surface area contributed by atoms with Crippen LogP contribution in [0.5, 0.6) is 0 Å². The van der Waals surface area contributed by atoms with E-state index in [0.29, 0.717) is 19.1 Å². The van der Waals surface area contributed by atoms with Crippen molar-refractivity contribution in [1.29, 1.82) is 0 Å². The molecule has 3 heteroatoms. The van der Waals surface area contributed by atoms with Crippen molar-refractivity contribution in [2.45, 2.75) is 27.7 Å². The molecule has 0 aromatic heterocycles. The van der Waals surface area contributed by atoms with Crippen LogP contribution in [-0.4, -0.2) is 19.8 Å². The molecule has 0 bridgehead atoms. The lowest BCUT2D eigenvalue weighted by Crippen LogP contribution is -2.34. The first-order valence-electron chi connectivity index (χ1n) is 4.24. The maximum absolute atomic E-state index is 5.20. The smallest absolute Gasteiger partial charge is 0.110 e. The van der Waals surface area contributed by atoms with Gasteiger partial charge in [0.1, 0.15) is 13.2 Å². The Morgan fingerprint density at radius 1 is 1.09 bits per heavy atom. The van der Waals surface area contributed by atoms with E-state index in [1.54, 1.807) is 5.23 Å². The molecule has 0 saturated carbocycles. The van der Waals surface area contributed by atoms with Crippen LogP contribution in [0, 0.1) is 5.92 Å². The average molecular weight is 161 g/mol. The summed E-state index contributed by atoms with van der Waals surface area (Å²) < 4.78 is 0. The molecule has 0 atom stereocenters. The summed E-state index contributed by atoms with van der Waals surface area (Å²) in [5, 5.41) is 1.56. The number of rotatable bonds is 6. The monoisotopic (exact) mass is 161 g/mol. The van der Waals surface area contributed by atoms with Crippen molar-refractivity contribution >= 4 is 0 Å². The molecular weight excluding hydrogens is 142 g/mol. The van der Waals surface area contributed by atoms with Gasteiger partial charge in [0, 0.05) is 5.92 Å². The number of nitrogens with zero attached hydrogens (tertiary/aromatic N) is 1. The lowest BCUT2D eigenvalue weighted by molar-refractivity contribution is -0.279. The minimum atomic E-state index is 0.563. The molecule has 3 nitrogen and oxygen atoms in total. The Balaban J connectivity index is 3.50. The maximum Gasteiger partial charge on any atom is 0.204 e. The van der Waals surface area contributed by atoms with Gasteiger partial charge in [0.05, 0.1) is 0 Å². The Kier molecular flexibility index (Phi) is 6.51. The van der Waals surface area contributed by atoms with Crippen LogP contribution < -0.4 is 5.23 Å². The summed E-state index contributed by atoms with van der Waals surface area (Å²) in [6.07, 6.45) is 0. The minimum Gasteiger partial charge on any atom is -0.110 e. The van der Waals surface area contributed by atoms with Crippen LogP contribution in [0.25, 0.3) is 0 Å². The maximum atomic E-state index is 5.20. The summed E-state index contributed by atoms with van der Waals surface area (Å²) in [6.45, 7) is 10.3. The number of hydroxylamine groups is 2. The van der Waals surface area contributed by atoms with Gasteiger partial charge in [-0.15, -0.1) is 9.68 Å². The molecule has 67 valence electrons. The zero-order chi connectivity index (χ0) is 8.69. The topological polar surface area (TPSA) is 24.4 Å². The third-order valence-electron chi connectivity index (χ3n) is 1.06. The molecule has 0 amide bonds. The molecule has 11 heavy (non-hydrogen) atoms. The van der Waals surface area contributed by atoms with Crippen molar-refractivity contribution < 1.29 is 9.68 Å². The molecule has 0 spiro atoms. The zero-order valence-corrected chi connectivity index (χ0v) is 7.96. The van der Waals surface area contributed by atoms with Crippen LogP contribution >= 0.6 is 0 Å². The Bertz CT molecular complexity index is 80.2. The van der Waals surface area contributed by atoms with Gasteiger partial charge < -0.3 is 0 Å². The summed E-state index contributed by atoms with van der Waals surface area (Å²) >= 11 is 0. The molecule has 0 aliphatic rings. The van der Waals surface area contributed by atoms with Gasteiger partial charge in [0.15, 0.2) is 5.23 Å². The van der Waals surface area contributed by atoms with Crippen LogP contribution in [-0.2, 0) is 9.68 Å². The quantitative estimate of drug-likeness (QED) is 0.554. The van der Waals surface area contributed by atoms with Crippen LogP contribution in [0.4, 0.5) is 0 Å². The van der Waals surface area contributed by atoms with E-state index in [4.69, 9.17) is 9.68 Å². The van der Waals surface area contributed by atoms with E-state index in [2.05, 4.69) is 13.8 Å².